The van der Waals surface area contributed by atoms with E-state index >= 15 is 0 Å². The summed E-state index contributed by atoms with van der Waals surface area (Å²) in [6.07, 6.45) is 1.62. The lowest BCUT2D eigenvalue weighted by molar-refractivity contribution is 0.0407. The van der Waals surface area contributed by atoms with Gasteiger partial charge in [-0.05, 0) is 20.3 Å². The van der Waals surface area contributed by atoms with Gasteiger partial charge >= 0.3 is 0 Å². The number of nitrogens with zero attached hydrogens (tertiary/aromatic N) is 2. The van der Waals surface area contributed by atoms with E-state index in [1.807, 2.05) is 0 Å². The topological polar surface area (TPSA) is 35.9 Å². The molecule has 0 aromatic heterocycles. The van der Waals surface area contributed by atoms with E-state index in [4.69, 9.17) is 9.84 Å². The van der Waals surface area contributed by atoms with Crippen LogP contribution in [0.4, 0.5) is 0 Å². The summed E-state index contributed by atoms with van der Waals surface area (Å²) in [7, 11) is 0. The Morgan fingerprint density at radius 2 is 1.81 bits per heavy atom. The zero-order chi connectivity index (χ0) is 11.5. The Balaban J connectivity index is 1.69. The number of hydrogen-bond acceptors (Lipinski definition) is 4. The molecule has 0 saturated carbocycles. The Morgan fingerprint density at radius 1 is 1.19 bits per heavy atom. The molecule has 2 saturated heterocycles. The van der Waals surface area contributed by atoms with Crippen molar-refractivity contribution in [3.05, 3.63) is 0 Å². The summed E-state index contributed by atoms with van der Waals surface area (Å²) in [5.74, 6) is 0. The summed E-state index contributed by atoms with van der Waals surface area (Å²) in [4.78, 5) is 4.96. The largest absolute Gasteiger partial charge is 0.395 e. The maximum Gasteiger partial charge on any atom is 0.0597 e. The van der Waals surface area contributed by atoms with Gasteiger partial charge in [0.05, 0.1) is 19.3 Å². The van der Waals surface area contributed by atoms with Crippen molar-refractivity contribution in [1.29, 1.82) is 0 Å². The summed E-state index contributed by atoms with van der Waals surface area (Å²) in [5, 5.41) is 8.95. The molecule has 0 aromatic carbocycles. The molecule has 2 unspecified atom stereocenters. The van der Waals surface area contributed by atoms with Crippen molar-refractivity contribution in [2.75, 3.05) is 39.4 Å². The number of ether oxygens (including phenoxy) is 1. The fraction of sp³-hybridized carbons (Fsp3) is 1.00. The highest BCUT2D eigenvalue weighted by molar-refractivity contribution is 4.99. The van der Waals surface area contributed by atoms with Gasteiger partial charge in [0.25, 0.3) is 0 Å². The third kappa shape index (κ3) is 2.74. The molecule has 0 radical (unpaired) electrons. The number of β-amino-alcohol motifs (C(OH)–C–C–N with tert-alkyl or cyclic N) is 1. The lowest BCUT2D eigenvalue weighted by Gasteiger charge is -2.33. The number of hydrogen-bond donors (Lipinski definition) is 1. The number of rotatable bonds is 6. The minimum atomic E-state index is 0.291. The molecule has 0 spiro atoms. The van der Waals surface area contributed by atoms with E-state index in [0.29, 0.717) is 24.8 Å². The van der Waals surface area contributed by atoms with Gasteiger partial charge in [0.2, 0.25) is 0 Å². The first-order chi connectivity index (χ1) is 7.70. The molecule has 0 aromatic rings. The Hall–Kier alpha value is -0.160. The molecule has 94 valence electrons. The average molecular weight is 228 g/mol. The van der Waals surface area contributed by atoms with Gasteiger partial charge in [-0.2, -0.15) is 0 Å². The second-order valence-corrected chi connectivity index (χ2v) is 5.18. The number of fused-ring (bicyclic) bond motifs is 2. The quantitative estimate of drug-likeness (QED) is 0.702. The second-order valence-electron chi connectivity index (χ2n) is 5.18. The van der Waals surface area contributed by atoms with Crippen LogP contribution in [-0.2, 0) is 4.74 Å². The van der Waals surface area contributed by atoms with Crippen molar-refractivity contribution in [3.63, 3.8) is 0 Å². The van der Waals surface area contributed by atoms with E-state index in [1.165, 1.54) is 6.42 Å². The molecule has 2 aliphatic rings. The van der Waals surface area contributed by atoms with Crippen molar-refractivity contribution in [2.45, 2.75) is 38.5 Å². The maximum absolute atomic E-state index is 8.95. The molecule has 2 atom stereocenters. The molecule has 4 nitrogen and oxygen atoms in total. The smallest absolute Gasteiger partial charge is 0.0597 e. The minimum absolute atomic E-state index is 0.291. The predicted molar refractivity (Wildman–Crippen MR) is 63.5 cm³/mol. The molecule has 16 heavy (non-hydrogen) atoms. The van der Waals surface area contributed by atoms with Gasteiger partial charge in [-0.15, -0.1) is 0 Å². The van der Waals surface area contributed by atoms with Crippen LogP contribution in [0.2, 0.25) is 0 Å². The maximum atomic E-state index is 8.95. The fourth-order valence-electron chi connectivity index (χ4n) is 2.91. The van der Waals surface area contributed by atoms with E-state index in [9.17, 15) is 0 Å². The summed E-state index contributed by atoms with van der Waals surface area (Å²) in [5.41, 5.74) is 0. The van der Waals surface area contributed by atoms with E-state index < -0.39 is 0 Å². The summed E-state index contributed by atoms with van der Waals surface area (Å²) in [6.45, 7) is 9.50. The Kier molecular flexibility index (Phi) is 4.19. The number of aliphatic hydroxyl groups excluding tert-OH is 1. The van der Waals surface area contributed by atoms with Gasteiger partial charge in [0, 0.05) is 38.3 Å². The molecule has 2 aliphatic heterocycles. The van der Waals surface area contributed by atoms with Crippen LogP contribution >= 0.6 is 0 Å². The van der Waals surface area contributed by atoms with Gasteiger partial charge in [0.1, 0.15) is 0 Å². The van der Waals surface area contributed by atoms with Crippen LogP contribution in [0.3, 0.4) is 0 Å². The van der Waals surface area contributed by atoms with Crippen LogP contribution in [-0.4, -0.2) is 72.5 Å². The number of likely N-dealkylation sites (tertiary alicyclic amines) is 2. The highest BCUT2D eigenvalue weighted by Crippen LogP contribution is 2.29. The molecule has 2 rings (SSSR count). The van der Waals surface area contributed by atoms with E-state index in [0.717, 1.165) is 32.8 Å². The summed E-state index contributed by atoms with van der Waals surface area (Å²) < 4.78 is 5.59. The van der Waals surface area contributed by atoms with Gasteiger partial charge in [0.15, 0.2) is 0 Å². The van der Waals surface area contributed by atoms with Crippen molar-refractivity contribution < 1.29 is 9.84 Å². The van der Waals surface area contributed by atoms with E-state index in [2.05, 4.69) is 23.6 Å². The molecule has 2 bridgehead atoms. The normalized spacial score (nSPS) is 30.8. The lowest BCUT2D eigenvalue weighted by atomic mass is 10.2. The van der Waals surface area contributed by atoms with Crippen LogP contribution in [0.1, 0.15) is 20.3 Å². The molecule has 4 heteroatoms. The monoisotopic (exact) mass is 228 g/mol. The SMILES string of the molecule is CC(C)OCCN1CC2CC1CN2CCO. The average Bonchev–Trinajstić information content (AvgIpc) is 2.77. The Morgan fingerprint density at radius 3 is 2.31 bits per heavy atom. The van der Waals surface area contributed by atoms with Crippen LogP contribution in [0, 0.1) is 0 Å². The second kappa shape index (κ2) is 5.45. The molecule has 0 aliphatic carbocycles. The standard InChI is InChI=1S/C12H24N2O2/c1-10(2)16-6-4-14-9-11-7-12(14)8-13(11)3-5-15/h10-12,15H,3-9H2,1-2H3. The van der Waals surface area contributed by atoms with Gasteiger partial charge in [-0.3, -0.25) is 9.80 Å². The van der Waals surface area contributed by atoms with Crippen molar-refractivity contribution >= 4 is 0 Å². The molecule has 2 fully saturated rings. The third-order valence-electron chi connectivity index (χ3n) is 3.68. The third-order valence-corrected chi connectivity index (χ3v) is 3.68. The molecule has 0 amide bonds. The van der Waals surface area contributed by atoms with Crippen LogP contribution in [0.25, 0.3) is 0 Å². The van der Waals surface area contributed by atoms with Crippen LogP contribution < -0.4 is 0 Å². The van der Waals surface area contributed by atoms with Crippen LogP contribution in [0.5, 0.6) is 0 Å². The predicted octanol–water partition coefficient (Wildman–Crippen LogP) is 0.162. The first-order valence-electron chi connectivity index (χ1n) is 6.41. The van der Waals surface area contributed by atoms with Crippen molar-refractivity contribution in [3.8, 4) is 0 Å². The zero-order valence-electron chi connectivity index (χ0n) is 10.4. The van der Waals surface area contributed by atoms with E-state index in [-0.39, 0.29) is 0 Å². The lowest BCUT2D eigenvalue weighted by Crippen LogP contribution is -2.48. The molecular weight excluding hydrogens is 204 g/mol. The highest BCUT2D eigenvalue weighted by atomic mass is 16.5. The summed E-state index contributed by atoms with van der Waals surface area (Å²) >= 11 is 0. The van der Waals surface area contributed by atoms with E-state index in [1.54, 1.807) is 0 Å². The fourth-order valence-corrected chi connectivity index (χ4v) is 2.91. The zero-order valence-corrected chi connectivity index (χ0v) is 10.4. The van der Waals surface area contributed by atoms with Crippen LogP contribution in [0.15, 0.2) is 0 Å². The van der Waals surface area contributed by atoms with Crippen molar-refractivity contribution in [1.82, 2.24) is 9.80 Å². The number of aliphatic hydroxyl groups is 1. The van der Waals surface area contributed by atoms with Gasteiger partial charge < -0.3 is 9.84 Å². The minimum Gasteiger partial charge on any atom is -0.395 e. The highest BCUT2D eigenvalue weighted by Gasteiger charge is 2.42. The first-order valence-corrected chi connectivity index (χ1v) is 6.41. The van der Waals surface area contributed by atoms with Gasteiger partial charge in [-0.1, -0.05) is 0 Å². The van der Waals surface area contributed by atoms with Gasteiger partial charge in [-0.25, -0.2) is 0 Å². The molecule has 1 N–H and O–H groups in total. The number of piperazine rings is 1. The first kappa shape index (κ1) is 12.3. The Labute approximate surface area is 98.2 Å². The molecule has 2 heterocycles. The van der Waals surface area contributed by atoms with Crippen molar-refractivity contribution in [2.24, 2.45) is 0 Å². The molecular formula is C12H24N2O2. The summed E-state index contributed by atoms with van der Waals surface area (Å²) in [6, 6.07) is 1.38. The Bertz CT molecular complexity index is 223.